The van der Waals surface area contributed by atoms with Crippen molar-refractivity contribution < 1.29 is 24.2 Å². The normalized spacial score (nSPS) is 43.2. The number of nitrogens with two attached hydrogens (primary N) is 1. The number of aliphatic hydroxyl groups excluding tert-OH is 1. The van der Waals surface area contributed by atoms with E-state index >= 15 is 0 Å². The number of hydrogen-bond donors (Lipinski definition) is 3. The number of carbonyl (C=O) groups is 2. The summed E-state index contributed by atoms with van der Waals surface area (Å²) in [6.45, 7) is 6.61. The van der Waals surface area contributed by atoms with Crippen LogP contribution >= 0.6 is 11.6 Å². The van der Waals surface area contributed by atoms with Gasteiger partial charge in [0.05, 0.1) is 11.7 Å². The van der Waals surface area contributed by atoms with Crippen molar-refractivity contribution >= 4 is 23.3 Å². The van der Waals surface area contributed by atoms with Gasteiger partial charge in [0, 0.05) is 51.3 Å². The Balaban J connectivity index is 1.28. The third-order valence-electron chi connectivity index (χ3n) is 13.9. The van der Waals surface area contributed by atoms with Crippen molar-refractivity contribution in [2.45, 2.75) is 89.8 Å². The monoisotopic (exact) mass is 624 g/mol. The van der Waals surface area contributed by atoms with Crippen molar-refractivity contribution in [1.82, 2.24) is 4.90 Å². The molecule has 44 heavy (non-hydrogen) atoms. The van der Waals surface area contributed by atoms with Gasteiger partial charge in [-0.3, -0.25) is 9.59 Å². The lowest BCUT2D eigenvalue weighted by Crippen LogP contribution is -2.67. The first-order valence-corrected chi connectivity index (χ1v) is 17.0. The first kappa shape index (κ1) is 30.6. The summed E-state index contributed by atoms with van der Waals surface area (Å²) in [5.74, 6) is -0.715. The van der Waals surface area contributed by atoms with Crippen LogP contribution in [-0.4, -0.2) is 58.1 Å². The summed E-state index contributed by atoms with van der Waals surface area (Å²) >= 11 is 6.42. The average Bonchev–Trinajstić information content (AvgIpc) is 3.25. The van der Waals surface area contributed by atoms with E-state index in [1.165, 1.54) is 6.07 Å². The number of β-amino-alcohol motifs (C(OH)–C–C–N with tert-alkyl or cyclic N) is 1. The number of nitrogens with zero attached hydrogens (tertiary/aromatic N) is 1. The predicted octanol–water partition coefficient (Wildman–Crippen LogP) is 5.38. The molecule has 0 radical (unpaired) electrons. The zero-order valence-electron chi connectivity index (χ0n) is 26.0. The maximum Gasteiger partial charge on any atom is 0.220 e. The average molecular weight is 625 g/mol. The van der Waals surface area contributed by atoms with Crippen LogP contribution in [0.15, 0.2) is 42.0 Å². The maximum absolute atomic E-state index is 15.0. The Labute approximate surface area is 264 Å². The number of piperidine rings is 1. The molecule has 1 aromatic rings. The molecule has 2 bridgehead atoms. The molecule has 1 saturated heterocycles. The SMILES string of the molecule is C[C@]12CC[C@H]3[C@]4(C=C[C@@]5(C=C4C(=O)Cc4c(F)cccc4Cl)CC(O)CC[C@]35C)[C@@H]1CC[C@@]2(O)CN1CCC(C(N)=O)CC1. The predicted molar refractivity (Wildman–Crippen MR) is 167 cm³/mol. The molecule has 8 heteroatoms. The number of carbonyl (C=O) groups excluding carboxylic acids is 2. The molecule has 6 nitrogen and oxygen atoms in total. The molecular weight excluding hydrogens is 579 g/mol. The van der Waals surface area contributed by atoms with Crippen molar-refractivity contribution in [3.8, 4) is 0 Å². The maximum atomic E-state index is 15.0. The number of hydrogen-bond acceptors (Lipinski definition) is 5. The molecule has 7 aliphatic rings. The lowest BCUT2D eigenvalue weighted by atomic mass is 9.32. The van der Waals surface area contributed by atoms with Gasteiger partial charge in [-0.2, -0.15) is 0 Å². The van der Waals surface area contributed by atoms with Crippen molar-refractivity contribution in [2.75, 3.05) is 19.6 Å². The summed E-state index contributed by atoms with van der Waals surface area (Å²) in [7, 11) is 0. The number of allylic oxidation sites excluding steroid dienone is 4. The fourth-order valence-electron chi connectivity index (χ4n) is 11.4. The molecule has 8 rings (SSSR count). The summed E-state index contributed by atoms with van der Waals surface area (Å²) in [5.41, 5.74) is 4.02. The van der Waals surface area contributed by atoms with Gasteiger partial charge in [-0.25, -0.2) is 4.39 Å². The van der Waals surface area contributed by atoms with Crippen LogP contribution in [0.4, 0.5) is 4.39 Å². The Morgan fingerprint density at radius 2 is 1.70 bits per heavy atom. The highest BCUT2D eigenvalue weighted by atomic mass is 35.5. The largest absolute Gasteiger partial charge is 0.393 e. The zero-order valence-corrected chi connectivity index (χ0v) is 26.7. The molecule has 8 atom stereocenters. The standard InChI is InChI=1S/C36H46ClFN2O4/c1-32-11-6-23(41)19-34(32)14-15-36(25(20-34)28(42)18-24-26(37)4-3-5-27(24)38)29(32)7-12-33(2)30(36)8-13-35(33,44)21-40-16-9-22(10-17-40)31(39)43/h3-5,14-15,20,22-23,29-30,41,44H,6-13,16-19,21H2,1-2H3,(H2,39,43)/t23?,29-,30-,32-,33+,34+,35-,36-/m1/s1. The molecular formula is C36H46ClFN2O4. The van der Waals surface area contributed by atoms with Crippen molar-refractivity contribution in [3.05, 3.63) is 58.4 Å². The van der Waals surface area contributed by atoms with E-state index in [0.29, 0.717) is 32.2 Å². The summed E-state index contributed by atoms with van der Waals surface area (Å²) in [4.78, 5) is 28.6. The number of rotatable bonds is 6. The smallest absolute Gasteiger partial charge is 0.220 e. The number of benzene rings is 1. The molecule has 3 saturated carbocycles. The Kier molecular flexibility index (Phi) is 7.10. The van der Waals surface area contributed by atoms with E-state index in [9.17, 15) is 24.2 Å². The van der Waals surface area contributed by atoms with Crippen molar-refractivity contribution in [2.24, 2.45) is 45.1 Å². The van der Waals surface area contributed by atoms with Crippen LogP contribution in [0.2, 0.25) is 5.02 Å². The second-order valence-electron chi connectivity index (χ2n) is 15.6. The minimum Gasteiger partial charge on any atom is -0.393 e. The Morgan fingerprint density at radius 1 is 1.02 bits per heavy atom. The van der Waals surface area contributed by atoms with Crippen molar-refractivity contribution in [1.29, 1.82) is 0 Å². The second-order valence-corrected chi connectivity index (χ2v) is 16.0. The second kappa shape index (κ2) is 10.2. The molecule has 1 heterocycles. The van der Waals surface area contributed by atoms with Gasteiger partial charge in [-0.15, -0.1) is 0 Å². The first-order chi connectivity index (χ1) is 20.8. The summed E-state index contributed by atoms with van der Waals surface area (Å²) in [6.07, 6.45) is 13.0. The van der Waals surface area contributed by atoms with Crippen LogP contribution in [0.25, 0.3) is 0 Å². The van der Waals surface area contributed by atoms with Crippen LogP contribution in [0, 0.1) is 45.2 Å². The minimum absolute atomic E-state index is 0.0337. The molecule has 4 N–H and O–H groups in total. The van der Waals surface area contributed by atoms with Gasteiger partial charge < -0.3 is 20.8 Å². The van der Waals surface area contributed by atoms with E-state index in [-0.39, 0.29) is 51.9 Å². The van der Waals surface area contributed by atoms with Crippen LogP contribution in [0.3, 0.4) is 0 Å². The number of primary amides is 1. The molecule has 1 aromatic carbocycles. The number of halogens is 2. The van der Waals surface area contributed by atoms with Gasteiger partial charge in [-0.05, 0) is 100 Å². The van der Waals surface area contributed by atoms with Gasteiger partial charge in [0.15, 0.2) is 5.78 Å². The molecule has 1 unspecified atom stereocenters. The number of amides is 1. The third-order valence-corrected chi connectivity index (χ3v) is 14.2. The minimum atomic E-state index is -0.941. The lowest BCUT2D eigenvalue weighted by Gasteiger charge is -2.71. The summed E-state index contributed by atoms with van der Waals surface area (Å²) in [6, 6.07) is 4.54. The van der Waals surface area contributed by atoms with E-state index in [2.05, 4.69) is 37.0 Å². The van der Waals surface area contributed by atoms with Gasteiger partial charge in [0.25, 0.3) is 0 Å². The van der Waals surface area contributed by atoms with Gasteiger partial charge in [-0.1, -0.05) is 49.7 Å². The van der Waals surface area contributed by atoms with E-state index < -0.39 is 33.8 Å². The fourth-order valence-corrected chi connectivity index (χ4v) is 11.6. The zero-order chi connectivity index (χ0) is 31.3. The highest BCUT2D eigenvalue weighted by Crippen LogP contribution is 2.78. The van der Waals surface area contributed by atoms with Crippen LogP contribution in [0.1, 0.15) is 77.2 Å². The Morgan fingerprint density at radius 3 is 2.41 bits per heavy atom. The van der Waals surface area contributed by atoms with Crippen LogP contribution in [0.5, 0.6) is 0 Å². The number of Topliss-reactive ketones (excluding diaryl/α,β-unsaturated/α-hetero) is 1. The molecule has 0 aromatic heterocycles. The lowest BCUT2D eigenvalue weighted by molar-refractivity contribution is -0.179. The van der Waals surface area contributed by atoms with Crippen LogP contribution < -0.4 is 5.73 Å². The molecule has 4 fully saturated rings. The van der Waals surface area contributed by atoms with Crippen LogP contribution in [-0.2, 0) is 16.0 Å². The quantitative estimate of drug-likeness (QED) is 0.369. The summed E-state index contributed by atoms with van der Waals surface area (Å²) < 4.78 is 15.0. The molecule has 6 aliphatic carbocycles. The topological polar surface area (TPSA) is 104 Å². The number of ketones is 1. The Hall–Kier alpha value is -2.06. The van der Waals surface area contributed by atoms with Gasteiger partial charge >= 0.3 is 0 Å². The summed E-state index contributed by atoms with van der Waals surface area (Å²) in [5, 5.41) is 23.7. The van der Waals surface area contributed by atoms with E-state index in [0.717, 1.165) is 50.8 Å². The number of likely N-dealkylation sites (tertiary alicyclic amines) is 1. The molecule has 238 valence electrons. The molecule has 1 amide bonds. The van der Waals surface area contributed by atoms with E-state index in [4.69, 9.17) is 17.3 Å². The third kappa shape index (κ3) is 4.07. The first-order valence-electron chi connectivity index (χ1n) is 16.6. The number of fused-ring (bicyclic) bond motifs is 1. The fraction of sp³-hybridized carbons (Fsp3) is 0.667. The Bertz CT molecular complexity index is 1430. The van der Waals surface area contributed by atoms with E-state index in [1.54, 1.807) is 12.1 Å². The highest BCUT2D eigenvalue weighted by molar-refractivity contribution is 6.31. The molecule has 2 spiro atoms. The highest BCUT2D eigenvalue weighted by Gasteiger charge is 2.74. The number of aliphatic hydroxyl groups is 2. The van der Waals surface area contributed by atoms with Gasteiger partial charge in [0.1, 0.15) is 5.82 Å². The van der Waals surface area contributed by atoms with Gasteiger partial charge in [0.2, 0.25) is 5.91 Å². The van der Waals surface area contributed by atoms with E-state index in [1.807, 2.05) is 0 Å². The van der Waals surface area contributed by atoms with Crippen molar-refractivity contribution in [3.63, 3.8) is 0 Å². The molecule has 1 aliphatic heterocycles.